The van der Waals surface area contributed by atoms with E-state index in [1.54, 1.807) is 18.3 Å². The van der Waals surface area contributed by atoms with Gasteiger partial charge in [0.1, 0.15) is 11.5 Å². The SMILES string of the molecule is O[C@H]1CNCC[C@@H]1n1c2ccc(F)cc2c2cc(Cl)cnc21. The van der Waals surface area contributed by atoms with Crippen LogP contribution in [-0.4, -0.2) is 33.9 Å². The van der Waals surface area contributed by atoms with E-state index in [-0.39, 0.29) is 11.9 Å². The van der Waals surface area contributed by atoms with Gasteiger partial charge in [0.15, 0.2) is 0 Å². The summed E-state index contributed by atoms with van der Waals surface area (Å²) in [6.45, 7) is 1.37. The Morgan fingerprint density at radius 2 is 2.18 bits per heavy atom. The van der Waals surface area contributed by atoms with Crippen molar-refractivity contribution in [2.45, 2.75) is 18.6 Å². The Kier molecular flexibility index (Phi) is 3.29. The largest absolute Gasteiger partial charge is 0.390 e. The van der Waals surface area contributed by atoms with Gasteiger partial charge in [0, 0.05) is 23.5 Å². The topological polar surface area (TPSA) is 50.1 Å². The predicted molar refractivity (Wildman–Crippen MR) is 84.7 cm³/mol. The fraction of sp³-hybridized carbons (Fsp3) is 0.312. The number of halogens is 2. The molecule has 114 valence electrons. The molecule has 0 saturated carbocycles. The van der Waals surface area contributed by atoms with Crippen molar-refractivity contribution in [2.24, 2.45) is 0 Å². The van der Waals surface area contributed by atoms with Crippen LogP contribution in [-0.2, 0) is 0 Å². The van der Waals surface area contributed by atoms with Gasteiger partial charge in [-0.25, -0.2) is 9.37 Å². The summed E-state index contributed by atoms with van der Waals surface area (Å²) < 4.78 is 15.7. The molecule has 6 heteroatoms. The maximum absolute atomic E-state index is 13.7. The lowest BCUT2D eigenvalue weighted by atomic mass is 10.0. The van der Waals surface area contributed by atoms with E-state index in [1.165, 1.54) is 12.1 Å². The summed E-state index contributed by atoms with van der Waals surface area (Å²) in [5.41, 5.74) is 1.60. The maximum atomic E-state index is 13.7. The van der Waals surface area contributed by atoms with E-state index in [0.29, 0.717) is 11.6 Å². The molecular formula is C16H15ClFN3O. The summed E-state index contributed by atoms with van der Waals surface area (Å²) >= 11 is 6.06. The number of hydrogen-bond acceptors (Lipinski definition) is 3. The van der Waals surface area contributed by atoms with Crippen LogP contribution in [0.1, 0.15) is 12.5 Å². The molecule has 2 aromatic heterocycles. The highest BCUT2D eigenvalue weighted by Gasteiger charge is 2.28. The second-order valence-electron chi connectivity index (χ2n) is 5.68. The number of piperidine rings is 1. The number of rotatable bonds is 1. The molecule has 1 aliphatic heterocycles. The smallest absolute Gasteiger partial charge is 0.141 e. The molecule has 3 aromatic rings. The minimum absolute atomic E-state index is 0.0830. The van der Waals surface area contributed by atoms with Gasteiger partial charge in [-0.15, -0.1) is 0 Å². The Labute approximate surface area is 131 Å². The van der Waals surface area contributed by atoms with Crippen molar-refractivity contribution in [3.05, 3.63) is 41.3 Å². The van der Waals surface area contributed by atoms with Crippen molar-refractivity contribution in [2.75, 3.05) is 13.1 Å². The van der Waals surface area contributed by atoms with E-state index in [9.17, 15) is 9.50 Å². The second kappa shape index (κ2) is 5.19. The zero-order valence-corrected chi connectivity index (χ0v) is 12.5. The van der Waals surface area contributed by atoms with Gasteiger partial charge in [-0.3, -0.25) is 0 Å². The van der Waals surface area contributed by atoms with Crippen LogP contribution in [0, 0.1) is 5.82 Å². The molecular weight excluding hydrogens is 305 g/mol. The average Bonchev–Trinajstić information content (AvgIpc) is 2.81. The number of aliphatic hydroxyl groups excluding tert-OH is 1. The summed E-state index contributed by atoms with van der Waals surface area (Å²) in [5, 5.41) is 15.6. The van der Waals surface area contributed by atoms with Gasteiger partial charge in [0.2, 0.25) is 0 Å². The number of hydrogen-bond donors (Lipinski definition) is 2. The number of nitrogens with one attached hydrogen (secondary N) is 1. The van der Waals surface area contributed by atoms with Crippen LogP contribution in [0.25, 0.3) is 21.9 Å². The summed E-state index contributed by atoms with van der Waals surface area (Å²) in [6, 6.07) is 6.40. The molecule has 0 spiro atoms. The number of aromatic nitrogens is 2. The lowest BCUT2D eigenvalue weighted by Gasteiger charge is -2.30. The number of benzene rings is 1. The van der Waals surface area contributed by atoms with E-state index >= 15 is 0 Å². The Morgan fingerprint density at radius 1 is 1.32 bits per heavy atom. The molecule has 1 saturated heterocycles. The van der Waals surface area contributed by atoms with Crippen LogP contribution < -0.4 is 5.32 Å². The molecule has 0 unspecified atom stereocenters. The molecule has 1 fully saturated rings. The Bertz CT molecular complexity index is 804. The molecule has 0 amide bonds. The minimum atomic E-state index is -0.505. The monoisotopic (exact) mass is 319 g/mol. The lowest BCUT2D eigenvalue weighted by Crippen LogP contribution is -2.41. The summed E-state index contributed by atoms with van der Waals surface area (Å²) in [7, 11) is 0. The molecule has 2 atom stereocenters. The van der Waals surface area contributed by atoms with Gasteiger partial charge in [-0.05, 0) is 37.2 Å². The van der Waals surface area contributed by atoms with E-state index in [1.807, 2.05) is 4.57 Å². The number of pyridine rings is 1. The highest BCUT2D eigenvalue weighted by Crippen LogP contribution is 2.35. The van der Waals surface area contributed by atoms with Crippen molar-refractivity contribution < 1.29 is 9.50 Å². The summed E-state index contributed by atoms with van der Waals surface area (Å²) in [4.78, 5) is 4.43. The number of fused-ring (bicyclic) bond motifs is 3. The van der Waals surface area contributed by atoms with Crippen LogP contribution >= 0.6 is 11.6 Å². The van der Waals surface area contributed by atoms with E-state index in [2.05, 4.69) is 10.3 Å². The van der Waals surface area contributed by atoms with Crippen molar-refractivity contribution >= 4 is 33.5 Å². The van der Waals surface area contributed by atoms with E-state index in [0.717, 1.165) is 34.9 Å². The van der Waals surface area contributed by atoms with Crippen molar-refractivity contribution in [1.82, 2.24) is 14.9 Å². The van der Waals surface area contributed by atoms with Crippen LogP contribution in [0.2, 0.25) is 5.02 Å². The van der Waals surface area contributed by atoms with Gasteiger partial charge >= 0.3 is 0 Å². The molecule has 4 nitrogen and oxygen atoms in total. The van der Waals surface area contributed by atoms with Crippen molar-refractivity contribution in [1.29, 1.82) is 0 Å². The zero-order chi connectivity index (χ0) is 15.3. The number of aliphatic hydroxyl groups is 1. The van der Waals surface area contributed by atoms with Gasteiger partial charge in [-0.1, -0.05) is 11.6 Å². The molecule has 0 radical (unpaired) electrons. The van der Waals surface area contributed by atoms with Gasteiger partial charge in [-0.2, -0.15) is 0 Å². The molecule has 4 rings (SSSR count). The predicted octanol–water partition coefficient (Wildman–Crippen LogP) is 2.88. The van der Waals surface area contributed by atoms with Crippen molar-refractivity contribution in [3.63, 3.8) is 0 Å². The first kappa shape index (κ1) is 13.9. The van der Waals surface area contributed by atoms with Gasteiger partial charge < -0.3 is 15.0 Å². The highest BCUT2D eigenvalue weighted by molar-refractivity contribution is 6.31. The second-order valence-corrected chi connectivity index (χ2v) is 6.12. The maximum Gasteiger partial charge on any atom is 0.141 e. The van der Waals surface area contributed by atoms with E-state index in [4.69, 9.17) is 11.6 Å². The third-order valence-electron chi connectivity index (χ3n) is 4.32. The summed E-state index contributed by atoms with van der Waals surface area (Å²) in [5.74, 6) is -0.294. The molecule has 1 aliphatic rings. The van der Waals surface area contributed by atoms with Crippen molar-refractivity contribution in [3.8, 4) is 0 Å². The number of β-amino-alcohol motifs (C(OH)–C–C–N with tert-alkyl or cyclic N) is 1. The first-order valence-electron chi connectivity index (χ1n) is 7.28. The van der Waals surface area contributed by atoms with Gasteiger partial charge in [0.05, 0.1) is 22.7 Å². The average molecular weight is 320 g/mol. The quantitative estimate of drug-likeness (QED) is 0.725. The van der Waals surface area contributed by atoms with E-state index < -0.39 is 6.10 Å². The van der Waals surface area contributed by atoms with Crippen LogP contribution in [0.5, 0.6) is 0 Å². The highest BCUT2D eigenvalue weighted by atomic mass is 35.5. The minimum Gasteiger partial charge on any atom is -0.390 e. The standard InChI is InChI=1S/C16H15ClFN3O/c17-9-5-12-11-6-10(18)1-2-13(11)21(16(12)20-7-9)14-3-4-19-8-15(14)22/h1-2,5-7,14-15,19,22H,3-4,8H2/t14-,15-/m0/s1. The first-order valence-corrected chi connectivity index (χ1v) is 7.66. The summed E-state index contributed by atoms with van der Waals surface area (Å²) in [6.07, 6.45) is 1.88. The van der Waals surface area contributed by atoms with Gasteiger partial charge in [0.25, 0.3) is 0 Å². The first-order chi connectivity index (χ1) is 10.6. The molecule has 22 heavy (non-hydrogen) atoms. The molecule has 0 aliphatic carbocycles. The van der Waals surface area contributed by atoms with Crippen LogP contribution in [0.4, 0.5) is 4.39 Å². The van der Waals surface area contributed by atoms with Crippen LogP contribution in [0.15, 0.2) is 30.5 Å². The third kappa shape index (κ3) is 2.08. The molecule has 0 bridgehead atoms. The fourth-order valence-electron chi connectivity index (χ4n) is 3.34. The third-order valence-corrected chi connectivity index (χ3v) is 4.52. The fourth-order valence-corrected chi connectivity index (χ4v) is 3.49. The Hall–Kier alpha value is -1.69. The number of nitrogens with zero attached hydrogens (tertiary/aromatic N) is 2. The lowest BCUT2D eigenvalue weighted by molar-refractivity contribution is 0.0910. The normalized spacial score (nSPS) is 22.5. The Morgan fingerprint density at radius 3 is 3.00 bits per heavy atom. The molecule has 2 N–H and O–H groups in total. The molecule has 3 heterocycles. The van der Waals surface area contributed by atoms with Crippen LogP contribution in [0.3, 0.4) is 0 Å². The molecule has 1 aromatic carbocycles. The zero-order valence-electron chi connectivity index (χ0n) is 11.8. The Balaban J connectivity index is 2.06.